The van der Waals surface area contributed by atoms with Gasteiger partial charge in [-0.25, -0.2) is 0 Å². The first-order valence-corrected chi connectivity index (χ1v) is 19.6. The van der Waals surface area contributed by atoms with E-state index in [0.717, 1.165) is 100 Å². The minimum Gasteiger partial charge on any atom is -0.456 e. The van der Waals surface area contributed by atoms with Crippen LogP contribution in [0.5, 0.6) is 0 Å². The van der Waals surface area contributed by atoms with Crippen LogP contribution in [0, 0.1) is 0 Å². The van der Waals surface area contributed by atoms with Gasteiger partial charge in [-0.2, -0.15) is 0 Å². The Morgan fingerprint density at radius 1 is 0.259 bits per heavy atom. The molecule has 0 fully saturated rings. The maximum atomic E-state index is 6.42. The molecular formula is C54H36N2O2. The van der Waals surface area contributed by atoms with Crippen molar-refractivity contribution in [2.75, 3.05) is 10.6 Å². The smallest absolute Gasteiger partial charge is 0.139 e. The van der Waals surface area contributed by atoms with E-state index < -0.39 is 0 Å². The molecule has 0 saturated heterocycles. The lowest BCUT2D eigenvalue weighted by molar-refractivity contribution is 0.656. The number of nitrogens with one attached hydrogen (secondary N) is 2. The van der Waals surface area contributed by atoms with Crippen LogP contribution in [0.2, 0.25) is 0 Å². The largest absolute Gasteiger partial charge is 0.456 e. The summed E-state index contributed by atoms with van der Waals surface area (Å²) in [6.45, 7) is 0. The Morgan fingerprint density at radius 3 is 1.14 bits per heavy atom. The van der Waals surface area contributed by atoms with Gasteiger partial charge in [0.25, 0.3) is 0 Å². The average molecular weight is 745 g/mol. The molecule has 0 aliphatic heterocycles. The van der Waals surface area contributed by atoms with Crippen molar-refractivity contribution in [1.82, 2.24) is 0 Å². The minimum atomic E-state index is 0.807. The summed E-state index contributed by atoms with van der Waals surface area (Å²) in [4.78, 5) is 0. The van der Waals surface area contributed by atoms with Crippen molar-refractivity contribution in [2.24, 2.45) is 0 Å². The van der Waals surface area contributed by atoms with Gasteiger partial charge < -0.3 is 19.5 Å². The standard InChI is InChI=1S/C54H36N2O2/c1-3-13-35(14-4-1)43-21-7-9-23-49(43)55-41-19-11-17-37(29-41)39-25-27-51-45(31-39)47-33-48-46-32-40(26-28-52(46)58-54(48)34-53(47)57-51)38-18-12-20-42(30-38)56-50-24-10-8-22-44(50)36-15-5-2-6-16-36/h1-34,55-56H. The van der Waals surface area contributed by atoms with Crippen LogP contribution in [0.1, 0.15) is 0 Å². The van der Waals surface area contributed by atoms with E-state index in [9.17, 15) is 0 Å². The van der Waals surface area contributed by atoms with Crippen LogP contribution < -0.4 is 10.6 Å². The zero-order chi connectivity index (χ0) is 38.4. The maximum Gasteiger partial charge on any atom is 0.139 e. The molecule has 0 radical (unpaired) electrons. The summed E-state index contributed by atoms with van der Waals surface area (Å²) in [5, 5.41) is 11.6. The lowest BCUT2D eigenvalue weighted by Crippen LogP contribution is -1.93. The Bertz CT molecular complexity index is 3070. The van der Waals surface area contributed by atoms with Crippen LogP contribution in [0.25, 0.3) is 88.4 Å². The van der Waals surface area contributed by atoms with E-state index >= 15 is 0 Å². The summed E-state index contributed by atoms with van der Waals surface area (Å²) in [6, 6.07) is 72.2. The van der Waals surface area contributed by atoms with Crippen LogP contribution in [0.3, 0.4) is 0 Å². The highest BCUT2D eigenvalue weighted by molar-refractivity contribution is 6.16. The summed E-state index contributed by atoms with van der Waals surface area (Å²) < 4.78 is 12.8. The molecular weight excluding hydrogens is 709 g/mol. The molecule has 0 aliphatic carbocycles. The Labute approximate surface area is 335 Å². The van der Waals surface area contributed by atoms with Crippen molar-refractivity contribution in [2.45, 2.75) is 0 Å². The number of hydrogen-bond donors (Lipinski definition) is 2. The quantitative estimate of drug-likeness (QED) is 0.163. The van der Waals surface area contributed by atoms with E-state index in [4.69, 9.17) is 8.83 Å². The molecule has 2 aromatic heterocycles. The Balaban J connectivity index is 0.927. The van der Waals surface area contributed by atoms with Gasteiger partial charge in [-0.05, 0) is 100 Å². The van der Waals surface area contributed by atoms with Gasteiger partial charge in [0, 0.05) is 61.5 Å². The molecule has 0 aliphatic rings. The Kier molecular flexibility index (Phi) is 8.11. The number of furan rings is 2. The van der Waals surface area contributed by atoms with Gasteiger partial charge in [-0.15, -0.1) is 0 Å². The van der Waals surface area contributed by atoms with E-state index in [1.54, 1.807) is 0 Å². The Morgan fingerprint density at radius 2 is 0.655 bits per heavy atom. The van der Waals surface area contributed by atoms with Crippen molar-refractivity contribution < 1.29 is 8.83 Å². The third kappa shape index (κ3) is 6.14. The zero-order valence-corrected chi connectivity index (χ0v) is 31.4. The van der Waals surface area contributed by atoms with Crippen LogP contribution in [-0.4, -0.2) is 0 Å². The third-order valence-electron chi connectivity index (χ3n) is 11.0. The topological polar surface area (TPSA) is 50.3 Å². The number of anilines is 4. The highest BCUT2D eigenvalue weighted by Crippen LogP contribution is 2.40. The van der Waals surface area contributed by atoms with E-state index in [2.05, 4.69) is 199 Å². The Hall–Kier alpha value is -7.82. The molecule has 2 heterocycles. The molecule has 0 saturated carbocycles. The molecule has 2 N–H and O–H groups in total. The summed E-state index contributed by atoms with van der Waals surface area (Å²) in [7, 11) is 0. The molecule has 9 aromatic carbocycles. The van der Waals surface area contributed by atoms with Crippen LogP contribution in [-0.2, 0) is 0 Å². The molecule has 0 spiro atoms. The second-order valence-electron chi connectivity index (χ2n) is 14.7. The fraction of sp³-hybridized carbons (Fsp3) is 0. The van der Waals surface area contributed by atoms with Crippen LogP contribution in [0.4, 0.5) is 22.7 Å². The van der Waals surface area contributed by atoms with Crippen LogP contribution >= 0.6 is 0 Å². The molecule has 0 amide bonds. The number of rotatable bonds is 8. The summed E-state index contributed by atoms with van der Waals surface area (Å²) in [5.74, 6) is 0. The van der Waals surface area contributed by atoms with Gasteiger partial charge >= 0.3 is 0 Å². The molecule has 274 valence electrons. The first kappa shape index (κ1) is 33.5. The van der Waals surface area contributed by atoms with Crippen LogP contribution in [0.15, 0.2) is 215 Å². The van der Waals surface area contributed by atoms with Gasteiger partial charge in [-0.1, -0.05) is 133 Å². The van der Waals surface area contributed by atoms with Crippen molar-refractivity contribution in [3.05, 3.63) is 206 Å². The van der Waals surface area contributed by atoms with E-state index in [-0.39, 0.29) is 0 Å². The first-order chi connectivity index (χ1) is 28.7. The predicted octanol–water partition coefficient (Wildman–Crippen LogP) is 15.6. The van der Waals surface area contributed by atoms with E-state index in [0.29, 0.717) is 0 Å². The normalized spacial score (nSPS) is 11.4. The van der Waals surface area contributed by atoms with Crippen molar-refractivity contribution >= 4 is 66.6 Å². The van der Waals surface area contributed by atoms with Gasteiger partial charge in [0.05, 0.1) is 0 Å². The van der Waals surface area contributed by atoms with Crippen molar-refractivity contribution in [1.29, 1.82) is 0 Å². The monoisotopic (exact) mass is 744 g/mol. The molecule has 11 aromatic rings. The van der Waals surface area contributed by atoms with Gasteiger partial charge in [0.2, 0.25) is 0 Å². The first-order valence-electron chi connectivity index (χ1n) is 19.6. The van der Waals surface area contributed by atoms with Gasteiger partial charge in [0.15, 0.2) is 0 Å². The molecule has 11 rings (SSSR count). The van der Waals surface area contributed by atoms with E-state index in [1.165, 1.54) is 11.1 Å². The van der Waals surface area contributed by atoms with Gasteiger partial charge in [-0.3, -0.25) is 0 Å². The van der Waals surface area contributed by atoms with Gasteiger partial charge in [0.1, 0.15) is 22.3 Å². The highest BCUT2D eigenvalue weighted by Gasteiger charge is 2.16. The molecule has 0 atom stereocenters. The van der Waals surface area contributed by atoms with Crippen molar-refractivity contribution in [3.63, 3.8) is 0 Å². The maximum absolute atomic E-state index is 6.42. The number of benzene rings is 9. The predicted molar refractivity (Wildman–Crippen MR) is 242 cm³/mol. The summed E-state index contributed by atoms with van der Waals surface area (Å²) in [6.07, 6.45) is 0. The summed E-state index contributed by atoms with van der Waals surface area (Å²) in [5.41, 5.74) is 16.7. The SMILES string of the molecule is c1ccc(-c2ccccc2Nc2cccc(-c3ccc4oc5cc6oc7ccc(-c8cccc(Nc9ccccc9-c9ccccc9)c8)cc7c6cc5c4c3)c2)cc1. The molecule has 4 heteroatoms. The molecule has 0 bridgehead atoms. The molecule has 0 unspecified atom stereocenters. The second kappa shape index (κ2) is 14.0. The molecule has 4 nitrogen and oxygen atoms in total. The number of hydrogen-bond acceptors (Lipinski definition) is 4. The number of fused-ring (bicyclic) bond motifs is 6. The lowest BCUT2D eigenvalue weighted by Gasteiger charge is -2.13. The second-order valence-corrected chi connectivity index (χ2v) is 14.7. The average Bonchev–Trinajstić information content (AvgIpc) is 3.83. The summed E-state index contributed by atoms with van der Waals surface area (Å²) >= 11 is 0. The number of para-hydroxylation sites is 2. The fourth-order valence-corrected chi connectivity index (χ4v) is 8.19. The minimum absolute atomic E-state index is 0.807. The molecule has 58 heavy (non-hydrogen) atoms. The zero-order valence-electron chi connectivity index (χ0n) is 31.4. The lowest BCUT2D eigenvalue weighted by atomic mass is 10.00. The fourth-order valence-electron chi connectivity index (χ4n) is 8.19. The third-order valence-corrected chi connectivity index (χ3v) is 11.0. The van der Waals surface area contributed by atoms with Crippen molar-refractivity contribution in [3.8, 4) is 44.5 Å². The van der Waals surface area contributed by atoms with E-state index in [1.807, 2.05) is 18.2 Å². The highest BCUT2D eigenvalue weighted by atomic mass is 16.3.